The molecular weight excluding hydrogens is 244 g/mol. The lowest BCUT2D eigenvalue weighted by molar-refractivity contribution is 0.403. The predicted molar refractivity (Wildman–Crippen MR) is 76.9 cm³/mol. The number of fused-ring (bicyclic) bond motifs is 2. The van der Waals surface area contributed by atoms with Gasteiger partial charge in [-0.3, -0.25) is 0 Å². The molecule has 18 heavy (non-hydrogen) atoms. The molecule has 0 atom stereocenters. The van der Waals surface area contributed by atoms with Crippen molar-refractivity contribution in [2.45, 2.75) is 46.1 Å². The number of hydrogen-bond donors (Lipinski definition) is 0. The molecule has 1 aromatic rings. The van der Waals surface area contributed by atoms with Gasteiger partial charge in [-0.1, -0.05) is 24.1 Å². The lowest BCUT2D eigenvalue weighted by Crippen LogP contribution is -2.32. The van der Waals surface area contributed by atoms with E-state index < -0.39 is 0 Å². The number of benzene rings is 1. The van der Waals surface area contributed by atoms with E-state index in [1.54, 1.807) is 0 Å². The summed E-state index contributed by atoms with van der Waals surface area (Å²) in [5.41, 5.74) is 4.77. The van der Waals surface area contributed by atoms with Crippen molar-refractivity contribution >= 4 is 23.1 Å². The topological polar surface area (TPSA) is 15.6 Å². The smallest absolute Gasteiger partial charge is 0.105 e. The number of aryl methyl sites for hydroxylation is 2. The van der Waals surface area contributed by atoms with Crippen LogP contribution in [0.2, 0.25) is 5.02 Å². The molecule has 2 nitrogen and oxygen atoms in total. The zero-order valence-electron chi connectivity index (χ0n) is 11.1. The minimum Gasteiger partial charge on any atom is -0.356 e. The molecule has 0 aliphatic carbocycles. The average Bonchev–Trinajstić information content (AvgIpc) is 2.59. The highest BCUT2D eigenvalue weighted by molar-refractivity contribution is 6.32. The Labute approximate surface area is 114 Å². The average molecular weight is 263 g/mol. The van der Waals surface area contributed by atoms with Gasteiger partial charge in [0, 0.05) is 25.1 Å². The third kappa shape index (κ3) is 1.93. The Morgan fingerprint density at radius 1 is 1.17 bits per heavy atom. The van der Waals surface area contributed by atoms with E-state index >= 15 is 0 Å². The van der Waals surface area contributed by atoms with Gasteiger partial charge in [0.05, 0.1) is 10.7 Å². The summed E-state index contributed by atoms with van der Waals surface area (Å²) in [6, 6.07) is 2.15. The molecule has 0 bridgehead atoms. The van der Waals surface area contributed by atoms with Crippen LogP contribution in [0.5, 0.6) is 0 Å². The van der Waals surface area contributed by atoms with Gasteiger partial charge in [-0.25, -0.2) is 4.99 Å². The fourth-order valence-corrected chi connectivity index (χ4v) is 3.21. The van der Waals surface area contributed by atoms with E-state index in [1.807, 2.05) is 0 Å². The molecular formula is C15H19ClN2. The van der Waals surface area contributed by atoms with Gasteiger partial charge in [0.1, 0.15) is 5.84 Å². The third-order valence-electron chi connectivity index (χ3n) is 3.99. The van der Waals surface area contributed by atoms with Gasteiger partial charge in [0.2, 0.25) is 0 Å². The molecule has 2 aliphatic rings. The van der Waals surface area contributed by atoms with Crippen LogP contribution in [0.3, 0.4) is 0 Å². The molecule has 0 unspecified atom stereocenters. The summed E-state index contributed by atoms with van der Waals surface area (Å²) >= 11 is 6.46. The Morgan fingerprint density at radius 3 is 2.83 bits per heavy atom. The normalized spacial score (nSPS) is 18.8. The van der Waals surface area contributed by atoms with Crippen molar-refractivity contribution in [1.82, 2.24) is 4.90 Å². The maximum atomic E-state index is 6.46. The Kier molecular flexibility index (Phi) is 3.06. The molecule has 1 fully saturated rings. The van der Waals surface area contributed by atoms with Gasteiger partial charge in [-0.05, 0) is 37.8 Å². The van der Waals surface area contributed by atoms with Crippen molar-refractivity contribution in [2.75, 3.05) is 6.54 Å². The Morgan fingerprint density at radius 2 is 2.00 bits per heavy atom. The molecule has 3 rings (SSSR count). The van der Waals surface area contributed by atoms with Crippen LogP contribution in [-0.4, -0.2) is 17.3 Å². The fraction of sp³-hybridized carbons (Fsp3) is 0.533. The first-order valence-corrected chi connectivity index (χ1v) is 7.15. The second-order valence-electron chi connectivity index (χ2n) is 5.41. The number of amidine groups is 1. The minimum atomic E-state index is 0.905. The van der Waals surface area contributed by atoms with Crippen molar-refractivity contribution in [1.29, 1.82) is 0 Å². The van der Waals surface area contributed by atoms with Crippen molar-refractivity contribution in [3.8, 4) is 0 Å². The predicted octanol–water partition coefficient (Wildman–Crippen LogP) is 4.38. The molecule has 0 spiro atoms. The summed E-state index contributed by atoms with van der Waals surface area (Å²) in [5, 5.41) is 0.905. The van der Waals surface area contributed by atoms with E-state index in [-0.39, 0.29) is 0 Å². The summed E-state index contributed by atoms with van der Waals surface area (Å²) in [7, 11) is 0. The molecule has 1 aromatic carbocycles. The summed E-state index contributed by atoms with van der Waals surface area (Å²) in [6.45, 7) is 6.28. The highest BCUT2D eigenvalue weighted by Gasteiger charge is 2.24. The summed E-state index contributed by atoms with van der Waals surface area (Å²) in [6.07, 6.45) is 4.97. The number of nitrogens with zero attached hydrogens (tertiary/aromatic N) is 2. The number of rotatable bonds is 0. The molecule has 2 heterocycles. The van der Waals surface area contributed by atoms with Crippen molar-refractivity contribution < 1.29 is 0 Å². The lowest BCUT2D eigenvalue weighted by atomic mass is 10.0. The van der Waals surface area contributed by atoms with E-state index in [2.05, 4.69) is 24.8 Å². The van der Waals surface area contributed by atoms with Crippen LogP contribution in [0.15, 0.2) is 11.1 Å². The quantitative estimate of drug-likeness (QED) is 0.678. The molecule has 96 valence electrons. The molecule has 0 aromatic heterocycles. The van der Waals surface area contributed by atoms with Crippen molar-refractivity contribution in [3.05, 3.63) is 27.8 Å². The van der Waals surface area contributed by atoms with Gasteiger partial charge < -0.3 is 4.90 Å². The minimum absolute atomic E-state index is 0.905. The van der Waals surface area contributed by atoms with Gasteiger partial charge in [0.25, 0.3) is 0 Å². The largest absolute Gasteiger partial charge is 0.356 e. The second kappa shape index (κ2) is 4.58. The summed E-state index contributed by atoms with van der Waals surface area (Å²) < 4.78 is 0. The molecule has 0 N–H and O–H groups in total. The van der Waals surface area contributed by atoms with Crippen LogP contribution in [0.4, 0.5) is 5.69 Å². The van der Waals surface area contributed by atoms with E-state index in [0.29, 0.717) is 0 Å². The van der Waals surface area contributed by atoms with E-state index in [9.17, 15) is 0 Å². The lowest BCUT2D eigenvalue weighted by Gasteiger charge is -2.30. The molecule has 2 aliphatic heterocycles. The van der Waals surface area contributed by atoms with Gasteiger partial charge in [0.15, 0.2) is 0 Å². The zero-order valence-corrected chi connectivity index (χ0v) is 11.8. The van der Waals surface area contributed by atoms with Crippen molar-refractivity contribution in [3.63, 3.8) is 0 Å². The first kappa shape index (κ1) is 12.0. The summed E-state index contributed by atoms with van der Waals surface area (Å²) in [5.74, 6) is 1.27. The second-order valence-corrected chi connectivity index (χ2v) is 5.79. The summed E-state index contributed by atoms with van der Waals surface area (Å²) in [4.78, 5) is 7.30. The highest BCUT2D eigenvalue weighted by Crippen LogP contribution is 2.38. The maximum Gasteiger partial charge on any atom is 0.105 e. The molecule has 3 heteroatoms. The molecule has 0 saturated carbocycles. The maximum absolute atomic E-state index is 6.46. The third-order valence-corrected chi connectivity index (χ3v) is 4.51. The Balaban J connectivity index is 2.11. The Hall–Kier alpha value is -1.02. The zero-order chi connectivity index (χ0) is 12.7. The van der Waals surface area contributed by atoms with Crippen LogP contribution < -0.4 is 0 Å². The van der Waals surface area contributed by atoms with E-state index in [4.69, 9.17) is 16.6 Å². The molecule has 1 saturated heterocycles. The standard InChI is InChI=1S/C15H19ClN2/c1-10-8-11(2)15-12(14(10)16)9-18-7-5-3-4-6-13(18)17-15/h8H,3-7,9H2,1-2H3. The van der Waals surface area contributed by atoms with Gasteiger partial charge in [-0.2, -0.15) is 0 Å². The van der Waals surface area contributed by atoms with Crippen LogP contribution in [0, 0.1) is 13.8 Å². The first-order chi connectivity index (χ1) is 8.66. The van der Waals surface area contributed by atoms with Crippen LogP contribution in [0.25, 0.3) is 0 Å². The number of hydrogen-bond acceptors (Lipinski definition) is 2. The van der Waals surface area contributed by atoms with E-state index in [1.165, 1.54) is 41.8 Å². The fourth-order valence-electron chi connectivity index (χ4n) is 3.00. The van der Waals surface area contributed by atoms with Gasteiger partial charge >= 0.3 is 0 Å². The molecule has 0 radical (unpaired) electrons. The van der Waals surface area contributed by atoms with Crippen LogP contribution >= 0.6 is 11.6 Å². The first-order valence-electron chi connectivity index (χ1n) is 6.78. The monoisotopic (exact) mass is 262 g/mol. The number of halogens is 1. The molecule has 0 amide bonds. The Bertz CT molecular complexity index is 520. The number of aliphatic imine (C=N–C) groups is 1. The van der Waals surface area contributed by atoms with Crippen LogP contribution in [0.1, 0.15) is 42.4 Å². The van der Waals surface area contributed by atoms with Crippen LogP contribution in [-0.2, 0) is 6.54 Å². The SMILES string of the molecule is Cc1cc(C)c2c(c1Cl)CN1CCCCCC1=N2. The van der Waals surface area contributed by atoms with Crippen molar-refractivity contribution in [2.24, 2.45) is 4.99 Å². The van der Waals surface area contributed by atoms with E-state index in [0.717, 1.165) is 30.2 Å². The van der Waals surface area contributed by atoms with Gasteiger partial charge in [-0.15, -0.1) is 0 Å². The highest BCUT2D eigenvalue weighted by atomic mass is 35.5.